The zero-order valence-corrected chi connectivity index (χ0v) is 15.3. The topological polar surface area (TPSA) is 81.1 Å². The molecular formula is C20H23N5O2. The smallest absolute Gasteiger partial charge is 0.315 e. The molecule has 0 aliphatic heterocycles. The molecule has 1 aromatic heterocycles. The summed E-state index contributed by atoms with van der Waals surface area (Å²) < 4.78 is 7.23. The van der Waals surface area contributed by atoms with E-state index in [2.05, 4.69) is 20.7 Å². The van der Waals surface area contributed by atoms with Crippen molar-refractivity contribution in [2.75, 3.05) is 6.61 Å². The van der Waals surface area contributed by atoms with Crippen molar-refractivity contribution >= 4 is 6.03 Å². The third-order valence-electron chi connectivity index (χ3n) is 4.02. The molecule has 7 heteroatoms. The highest BCUT2D eigenvalue weighted by Crippen LogP contribution is 2.13. The number of amides is 2. The van der Waals surface area contributed by atoms with Gasteiger partial charge >= 0.3 is 6.03 Å². The third-order valence-corrected chi connectivity index (χ3v) is 4.02. The number of nitrogens with zero attached hydrogens (tertiary/aromatic N) is 3. The maximum Gasteiger partial charge on any atom is 0.315 e. The number of hydrogen-bond acceptors (Lipinski definition) is 4. The lowest BCUT2D eigenvalue weighted by molar-refractivity contribution is 0.240. The summed E-state index contributed by atoms with van der Waals surface area (Å²) in [5.74, 6) is 0.805. The predicted octanol–water partition coefficient (Wildman–Crippen LogP) is 2.72. The first-order valence-electron chi connectivity index (χ1n) is 8.87. The van der Waals surface area contributed by atoms with Crippen LogP contribution < -0.4 is 15.4 Å². The van der Waals surface area contributed by atoms with Gasteiger partial charge in [0, 0.05) is 13.1 Å². The number of nitrogens with one attached hydrogen (secondary N) is 2. The van der Waals surface area contributed by atoms with Crippen molar-refractivity contribution in [3.63, 3.8) is 0 Å². The number of rotatable bonds is 8. The number of urea groups is 1. The first-order valence-corrected chi connectivity index (χ1v) is 8.87. The molecule has 2 N–H and O–H groups in total. The summed E-state index contributed by atoms with van der Waals surface area (Å²) >= 11 is 0. The lowest BCUT2D eigenvalue weighted by Crippen LogP contribution is -2.34. The molecule has 27 heavy (non-hydrogen) atoms. The van der Waals surface area contributed by atoms with Gasteiger partial charge in [0.25, 0.3) is 0 Å². The predicted molar refractivity (Wildman–Crippen MR) is 102 cm³/mol. The lowest BCUT2D eigenvalue weighted by Gasteiger charge is -2.12. The zero-order chi connectivity index (χ0) is 18.9. The Bertz CT molecular complexity index is 864. The summed E-state index contributed by atoms with van der Waals surface area (Å²) in [4.78, 5) is 16.1. The molecule has 0 aliphatic carbocycles. The molecule has 0 aliphatic rings. The average Bonchev–Trinajstić information content (AvgIpc) is 3.19. The van der Waals surface area contributed by atoms with E-state index in [0.29, 0.717) is 26.2 Å². The van der Waals surface area contributed by atoms with Crippen molar-refractivity contribution in [1.29, 1.82) is 0 Å². The molecular weight excluding hydrogens is 342 g/mol. The van der Waals surface area contributed by atoms with Crippen LogP contribution in [-0.2, 0) is 19.6 Å². The van der Waals surface area contributed by atoms with Crippen molar-refractivity contribution in [1.82, 2.24) is 25.4 Å². The van der Waals surface area contributed by atoms with Gasteiger partial charge in [0.05, 0.1) is 13.2 Å². The van der Waals surface area contributed by atoms with Gasteiger partial charge < -0.3 is 15.4 Å². The van der Waals surface area contributed by atoms with Crippen LogP contribution in [0, 0.1) is 0 Å². The summed E-state index contributed by atoms with van der Waals surface area (Å²) in [6.45, 7) is 4.05. The molecule has 2 aromatic carbocycles. The number of hydrogen-bond donors (Lipinski definition) is 2. The monoisotopic (exact) mass is 365 g/mol. The minimum Gasteiger partial charge on any atom is -0.494 e. The Kier molecular flexibility index (Phi) is 6.40. The summed E-state index contributed by atoms with van der Waals surface area (Å²) in [5, 5.41) is 9.90. The lowest BCUT2D eigenvalue weighted by atomic mass is 10.1. The van der Waals surface area contributed by atoms with E-state index in [4.69, 9.17) is 4.74 Å². The van der Waals surface area contributed by atoms with E-state index in [1.807, 2.05) is 55.5 Å². The normalized spacial score (nSPS) is 10.4. The number of benzene rings is 2. The molecule has 0 unspecified atom stereocenters. The third kappa shape index (κ3) is 5.57. The highest BCUT2D eigenvalue weighted by molar-refractivity contribution is 5.73. The fraction of sp³-hybridized carbons (Fsp3) is 0.250. The molecule has 0 fully saturated rings. The molecule has 7 nitrogen and oxygen atoms in total. The molecule has 0 saturated carbocycles. The Morgan fingerprint density at radius 3 is 2.67 bits per heavy atom. The molecule has 1 heterocycles. The van der Waals surface area contributed by atoms with Crippen LogP contribution in [0.25, 0.3) is 0 Å². The number of carbonyl (C=O) groups excluding carboxylic acids is 1. The van der Waals surface area contributed by atoms with Gasteiger partial charge in [-0.05, 0) is 35.7 Å². The van der Waals surface area contributed by atoms with Crippen LogP contribution in [-0.4, -0.2) is 27.4 Å². The second-order valence-corrected chi connectivity index (χ2v) is 5.98. The van der Waals surface area contributed by atoms with Crippen molar-refractivity contribution in [3.05, 3.63) is 77.9 Å². The van der Waals surface area contributed by atoms with Gasteiger partial charge in [0.1, 0.15) is 18.4 Å². The molecule has 3 aromatic rings. The van der Waals surface area contributed by atoms with Crippen molar-refractivity contribution in [2.45, 2.75) is 26.6 Å². The molecule has 140 valence electrons. The molecule has 0 spiro atoms. The highest BCUT2D eigenvalue weighted by Gasteiger charge is 2.06. The van der Waals surface area contributed by atoms with E-state index in [0.717, 1.165) is 22.4 Å². The van der Waals surface area contributed by atoms with Gasteiger partial charge in [-0.25, -0.2) is 14.5 Å². The van der Waals surface area contributed by atoms with Gasteiger partial charge in [-0.1, -0.05) is 36.4 Å². The van der Waals surface area contributed by atoms with Crippen LogP contribution in [0.4, 0.5) is 4.79 Å². The second kappa shape index (κ2) is 9.38. The zero-order valence-electron chi connectivity index (χ0n) is 15.3. The number of ether oxygens (including phenoxy) is 1. The van der Waals surface area contributed by atoms with Gasteiger partial charge in [-0.3, -0.25) is 0 Å². The van der Waals surface area contributed by atoms with E-state index < -0.39 is 0 Å². The minimum atomic E-state index is -0.215. The van der Waals surface area contributed by atoms with Crippen LogP contribution in [0.3, 0.4) is 0 Å². The summed E-state index contributed by atoms with van der Waals surface area (Å²) in [5.41, 5.74) is 3.12. The van der Waals surface area contributed by atoms with E-state index in [9.17, 15) is 4.79 Å². The number of aromatic nitrogens is 3. The fourth-order valence-electron chi connectivity index (χ4n) is 2.71. The standard InChI is InChI=1S/C20H23N5O2/c1-2-27-19-9-5-6-16(10-19)11-22-20(26)23-12-17-7-3-4-8-18(17)13-25-15-21-14-24-25/h3-10,14-15H,2,11-13H2,1H3,(H2,22,23,26). The Hall–Kier alpha value is -3.35. The second-order valence-electron chi connectivity index (χ2n) is 5.98. The Labute approximate surface area is 158 Å². The largest absolute Gasteiger partial charge is 0.494 e. The SMILES string of the molecule is CCOc1cccc(CNC(=O)NCc2ccccc2Cn2cncn2)c1. The first-order chi connectivity index (χ1) is 13.2. The van der Waals surface area contributed by atoms with E-state index in [-0.39, 0.29) is 6.03 Å². The molecule has 0 bridgehead atoms. The minimum absolute atomic E-state index is 0.215. The van der Waals surface area contributed by atoms with Crippen LogP contribution in [0.1, 0.15) is 23.6 Å². The first kappa shape index (κ1) is 18.4. The quantitative estimate of drug-likeness (QED) is 0.643. The molecule has 3 rings (SSSR count). The molecule has 0 radical (unpaired) electrons. The van der Waals surface area contributed by atoms with Gasteiger partial charge in [-0.15, -0.1) is 0 Å². The Morgan fingerprint density at radius 2 is 1.89 bits per heavy atom. The van der Waals surface area contributed by atoms with Crippen LogP contribution in [0.2, 0.25) is 0 Å². The summed E-state index contributed by atoms with van der Waals surface area (Å²) in [7, 11) is 0. The van der Waals surface area contributed by atoms with Crippen LogP contribution >= 0.6 is 0 Å². The van der Waals surface area contributed by atoms with Crippen molar-refractivity contribution in [3.8, 4) is 5.75 Å². The van der Waals surface area contributed by atoms with E-state index in [1.54, 1.807) is 11.0 Å². The molecule has 2 amide bonds. The maximum absolute atomic E-state index is 12.1. The highest BCUT2D eigenvalue weighted by atomic mass is 16.5. The van der Waals surface area contributed by atoms with Crippen molar-refractivity contribution in [2.24, 2.45) is 0 Å². The summed E-state index contributed by atoms with van der Waals surface area (Å²) in [6, 6.07) is 15.4. The van der Waals surface area contributed by atoms with Crippen molar-refractivity contribution < 1.29 is 9.53 Å². The summed E-state index contributed by atoms with van der Waals surface area (Å²) in [6.07, 6.45) is 3.18. The Balaban J connectivity index is 1.51. The van der Waals surface area contributed by atoms with Gasteiger partial charge in [0.15, 0.2) is 0 Å². The number of carbonyl (C=O) groups is 1. The van der Waals surface area contributed by atoms with Crippen LogP contribution in [0.5, 0.6) is 5.75 Å². The Morgan fingerprint density at radius 1 is 1.07 bits per heavy atom. The molecule has 0 saturated heterocycles. The van der Waals surface area contributed by atoms with Crippen LogP contribution in [0.15, 0.2) is 61.2 Å². The van der Waals surface area contributed by atoms with Gasteiger partial charge in [-0.2, -0.15) is 5.10 Å². The fourth-order valence-corrected chi connectivity index (χ4v) is 2.71. The maximum atomic E-state index is 12.1. The molecule has 0 atom stereocenters. The van der Waals surface area contributed by atoms with E-state index in [1.165, 1.54) is 6.33 Å². The van der Waals surface area contributed by atoms with Gasteiger partial charge in [0.2, 0.25) is 0 Å². The van der Waals surface area contributed by atoms with E-state index >= 15 is 0 Å². The average molecular weight is 365 g/mol.